The van der Waals surface area contributed by atoms with Gasteiger partial charge in [0.25, 0.3) is 0 Å². The maximum Gasteiger partial charge on any atom is 0.417 e. The van der Waals surface area contributed by atoms with Crippen LogP contribution in [0.25, 0.3) is 10.9 Å². The number of fused-ring (bicyclic) bond motifs is 1. The van der Waals surface area contributed by atoms with Crippen LogP contribution < -0.4 is 0 Å². The van der Waals surface area contributed by atoms with E-state index in [2.05, 4.69) is 5.10 Å². The Labute approximate surface area is 123 Å². The van der Waals surface area contributed by atoms with Gasteiger partial charge < -0.3 is 0 Å². The fourth-order valence-corrected chi connectivity index (χ4v) is 2.62. The van der Waals surface area contributed by atoms with Crippen molar-refractivity contribution in [1.29, 1.82) is 0 Å². The van der Waals surface area contributed by atoms with Gasteiger partial charge in [0, 0.05) is 10.4 Å². The second-order valence-electron chi connectivity index (χ2n) is 3.44. The van der Waals surface area contributed by atoms with Crippen molar-refractivity contribution in [3.63, 3.8) is 0 Å². The molecular formula is C9H3Cl3F4N2S. The summed E-state index contributed by atoms with van der Waals surface area (Å²) in [5.74, 6) is 0. The minimum Gasteiger partial charge on any atom is -0.201 e. The predicted octanol–water partition coefficient (Wildman–Crippen LogP) is 5.26. The molecule has 2 nitrogen and oxygen atoms in total. The molecular weight excluding hydrogens is 351 g/mol. The highest BCUT2D eigenvalue weighted by molar-refractivity contribution is 8.01. The second kappa shape index (κ2) is 4.87. The van der Waals surface area contributed by atoms with Gasteiger partial charge in [0.1, 0.15) is 0 Å². The van der Waals surface area contributed by atoms with Gasteiger partial charge in [-0.25, -0.2) is 4.09 Å². The topological polar surface area (TPSA) is 17.8 Å². The van der Waals surface area contributed by atoms with Crippen LogP contribution in [0.5, 0.6) is 0 Å². The minimum absolute atomic E-state index is 0.0341. The van der Waals surface area contributed by atoms with Crippen LogP contribution in [0.4, 0.5) is 17.6 Å². The molecule has 0 N–H and O–H groups in total. The van der Waals surface area contributed by atoms with Gasteiger partial charge in [0.2, 0.25) is 0 Å². The lowest BCUT2D eigenvalue weighted by Gasteiger charge is -2.11. The summed E-state index contributed by atoms with van der Waals surface area (Å²) in [6, 6.07) is 1.98. The Morgan fingerprint density at radius 2 is 1.79 bits per heavy atom. The molecule has 0 bridgehead atoms. The van der Waals surface area contributed by atoms with E-state index in [1.165, 1.54) is 6.07 Å². The molecule has 104 valence electrons. The average molecular weight is 354 g/mol. The first-order chi connectivity index (χ1) is 8.58. The first kappa shape index (κ1) is 15.0. The van der Waals surface area contributed by atoms with Gasteiger partial charge in [0.05, 0.1) is 29.2 Å². The van der Waals surface area contributed by atoms with Crippen molar-refractivity contribution in [1.82, 2.24) is 9.19 Å². The average Bonchev–Trinajstić information content (AvgIpc) is 2.56. The molecule has 0 saturated heterocycles. The Hall–Kier alpha value is -0.370. The van der Waals surface area contributed by atoms with Crippen LogP contribution in [0.2, 0.25) is 5.02 Å². The number of benzene rings is 1. The molecule has 1 aromatic carbocycles. The van der Waals surface area contributed by atoms with Crippen LogP contribution in [-0.2, 0) is 6.18 Å². The molecule has 0 amide bonds. The molecule has 2 rings (SSSR count). The zero-order valence-electron chi connectivity index (χ0n) is 8.68. The molecule has 0 saturated carbocycles. The van der Waals surface area contributed by atoms with Gasteiger partial charge in [0.15, 0.2) is 0 Å². The fraction of sp³-hybridized carbons (Fsp3) is 0.222. The molecule has 10 heteroatoms. The van der Waals surface area contributed by atoms with E-state index in [1.54, 1.807) is 0 Å². The Morgan fingerprint density at radius 3 is 2.32 bits per heavy atom. The number of hydrogen-bond acceptors (Lipinski definition) is 2. The van der Waals surface area contributed by atoms with Gasteiger partial charge >= 0.3 is 10.1 Å². The van der Waals surface area contributed by atoms with Gasteiger partial charge in [-0.3, -0.25) is 0 Å². The van der Waals surface area contributed by atoms with E-state index < -0.39 is 15.7 Å². The molecule has 0 aliphatic heterocycles. The van der Waals surface area contributed by atoms with E-state index in [4.69, 9.17) is 34.8 Å². The third-order valence-electron chi connectivity index (χ3n) is 2.12. The highest BCUT2D eigenvalue weighted by Gasteiger charge is 2.34. The van der Waals surface area contributed by atoms with Crippen LogP contribution in [0.3, 0.4) is 0 Å². The van der Waals surface area contributed by atoms with Gasteiger partial charge in [-0.2, -0.15) is 22.7 Å². The number of nitrogens with zero attached hydrogens (tertiary/aromatic N) is 2. The summed E-state index contributed by atoms with van der Waals surface area (Å²) in [7, 11) is 0. The van der Waals surface area contributed by atoms with Crippen molar-refractivity contribution >= 4 is 57.7 Å². The summed E-state index contributed by atoms with van der Waals surface area (Å²) in [5.41, 5.74) is -0.997. The Balaban J connectivity index is 2.64. The summed E-state index contributed by atoms with van der Waals surface area (Å²) < 4.78 is 49.7. The molecule has 0 radical (unpaired) electrons. The molecule has 0 unspecified atom stereocenters. The second-order valence-corrected chi connectivity index (χ2v) is 6.65. The first-order valence-corrected chi connectivity index (χ1v) is 6.49. The van der Waals surface area contributed by atoms with Crippen molar-refractivity contribution in [2.24, 2.45) is 0 Å². The predicted molar refractivity (Wildman–Crippen MR) is 68.3 cm³/mol. The standard InChI is InChI=1S/C9H3Cl3F4N2S/c10-4-1-6(8(13,14)15)5-3-17-18(7(5)2-4)19-9(11,12)16/h1-3H. The fourth-order valence-electron chi connectivity index (χ4n) is 1.48. The van der Waals surface area contributed by atoms with Crippen molar-refractivity contribution in [3.05, 3.63) is 28.9 Å². The van der Waals surface area contributed by atoms with Crippen molar-refractivity contribution in [2.75, 3.05) is 0 Å². The number of alkyl halides is 6. The summed E-state index contributed by atoms with van der Waals surface area (Å²) in [6.07, 6.45) is -3.66. The first-order valence-electron chi connectivity index (χ1n) is 4.58. The van der Waals surface area contributed by atoms with Gasteiger partial charge in [-0.15, -0.1) is 0 Å². The van der Waals surface area contributed by atoms with E-state index >= 15 is 0 Å². The maximum atomic E-state index is 13.1. The zero-order chi connectivity index (χ0) is 14.4. The summed E-state index contributed by atoms with van der Waals surface area (Å²) in [6.45, 7) is 0. The largest absolute Gasteiger partial charge is 0.417 e. The van der Waals surface area contributed by atoms with E-state index in [1.807, 2.05) is 0 Å². The molecule has 1 heterocycles. The molecule has 0 aliphatic rings. The number of halogens is 7. The maximum absolute atomic E-state index is 13.1. The molecule has 0 aliphatic carbocycles. The SMILES string of the molecule is FC(Cl)(Cl)Sn1ncc2c(C(F)(F)F)cc(Cl)cc21. The minimum atomic E-state index is -4.60. The number of aromatic nitrogens is 2. The Kier molecular flexibility index (Phi) is 3.85. The Bertz CT molecular complexity index is 620. The van der Waals surface area contributed by atoms with Crippen LogP contribution in [0.15, 0.2) is 18.3 Å². The third-order valence-corrected chi connectivity index (χ3v) is 3.42. The van der Waals surface area contributed by atoms with Crippen LogP contribution in [0, 0.1) is 0 Å². The molecule has 0 fully saturated rings. The molecule has 19 heavy (non-hydrogen) atoms. The van der Waals surface area contributed by atoms with E-state index in [0.29, 0.717) is 0 Å². The third kappa shape index (κ3) is 3.39. The molecule has 1 aromatic heterocycles. The summed E-state index contributed by atoms with van der Waals surface area (Å²) >= 11 is 16.1. The lowest BCUT2D eigenvalue weighted by Crippen LogP contribution is -2.06. The van der Waals surface area contributed by atoms with Crippen LogP contribution >= 0.6 is 46.8 Å². The number of hydrogen-bond donors (Lipinski definition) is 0. The van der Waals surface area contributed by atoms with Crippen LogP contribution in [-0.4, -0.2) is 13.1 Å². The smallest absolute Gasteiger partial charge is 0.201 e. The van der Waals surface area contributed by atoms with Gasteiger partial charge in [-0.1, -0.05) is 34.8 Å². The lowest BCUT2D eigenvalue weighted by atomic mass is 10.1. The molecule has 2 aromatic rings. The normalized spacial score (nSPS) is 13.2. The van der Waals surface area contributed by atoms with Crippen LogP contribution in [0.1, 0.15) is 5.56 Å². The van der Waals surface area contributed by atoms with Crippen molar-refractivity contribution < 1.29 is 17.6 Å². The Morgan fingerprint density at radius 1 is 1.16 bits per heavy atom. The molecule has 0 spiro atoms. The van der Waals surface area contributed by atoms with Crippen molar-refractivity contribution in [2.45, 2.75) is 10.1 Å². The van der Waals surface area contributed by atoms with Crippen molar-refractivity contribution in [3.8, 4) is 0 Å². The molecule has 0 atom stereocenters. The quantitative estimate of drug-likeness (QED) is 0.541. The summed E-state index contributed by atoms with van der Waals surface area (Å²) in [4.78, 5) is 0. The van der Waals surface area contributed by atoms with E-state index in [9.17, 15) is 17.6 Å². The van der Waals surface area contributed by atoms with Gasteiger partial charge in [-0.05, 0) is 12.1 Å². The lowest BCUT2D eigenvalue weighted by molar-refractivity contribution is -0.136. The number of rotatable bonds is 2. The highest BCUT2D eigenvalue weighted by Crippen LogP contribution is 2.41. The van der Waals surface area contributed by atoms with E-state index in [-0.39, 0.29) is 27.9 Å². The summed E-state index contributed by atoms with van der Waals surface area (Å²) in [5, 5.41) is 3.23. The van der Waals surface area contributed by atoms with E-state index in [0.717, 1.165) is 16.4 Å². The monoisotopic (exact) mass is 352 g/mol. The highest BCUT2D eigenvalue weighted by atomic mass is 35.5. The zero-order valence-corrected chi connectivity index (χ0v) is 11.8.